The maximum atomic E-state index is 13.4. The number of fused-ring (bicyclic) bond motifs is 2. The quantitative estimate of drug-likeness (QED) is 0.484. The monoisotopic (exact) mass is 402 g/mol. The van der Waals surface area contributed by atoms with Crippen molar-refractivity contribution in [1.29, 1.82) is 0 Å². The summed E-state index contributed by atoms with van der Waals surface area (Å²) >= 11 is 1.61. The zero-order valence-electron chi connectivity index (χ0n) is 15.8. The van der Waals surface area contributed by atoms with Crippen LogP contribution in [0.4, 0.5) is 0 Å². The Kier molecular flexibility index (Phi) is 4.41. The summed E-state index contributed by atoms with van der Waals surface area (Å²) in [6.45, 7) is 0.711. The lowest BCUT2D eigenvalue weighted by Crippen LogP contribution is -2.26. The van der Waals surface area contributed by atoms with Crippen molar-refractivity contribution in [3.63, 3.8) is 0 Å². The van der Waals surface area contributed by atoms with Gasteiger partial charge in [0.25, 0.3) is 5.91 Å². The molecule has 0 fully saturated rings. The second-order valence-corrected chi connectivity index (χ2v) is 7.85. The molecule has 0 aliphatic carbocycles. The van der Waals surface area contributed by atoms with Gasteiger partial charge in [-0.2, -0.15) is 0 Å². The van der Waals surface area contributed by atoms with E-state index in [2.05, 4.69) is 0 Å². The summed E-state index contributed by atoms with van der Waals surface area (Å²) in [6, 6.07) is 19.4. The lowest BCUT2D eigenvalue weighted by molar-refractivity contribution is 0.0787. The van der Waals surface area contributed by atoms with Crippen molar-refractivity contribution in [3.8, 4) is 22.1 Å². The van der Waals surface area contributed by atoms with E-state index in [4.69, 9.17) is 14.5 Å². The SMILES string of the molecule is CN(Cc1ccc2c(c1)OCO2)C(=O)c1cc(-c2cccs2)nc2ccccc12. The molecule has 4 aromatic rings. The Bertz CT molecular complexity index is 1200. The van der Waals surface area contributed by atoms with Crippen molar-refractivity contribution in [2.75, 3.05) is 13.8 Å². The molecule has 0 N–H and O–H groups in total. The first kappa shape index (κ1) is 17.7. The van der Waals surface area contributed by atoms with E-state index < -0.39 is 0 Å². The minimum Gasteiger partial charge on any atom is -0.454 e. The van der Waals surface area contributed by atoms with Crippen LogP contribution in [0, 0.1) is 0 Å². The van der Waals surface area contributed by atoms with Crippen molar-refractivity contribution in [1.82, 2.24) is 9.88 Å². The molecule has 2 aromatic heterocycles. The summed E-state index contributed by atoms with van der Waals surface area (Å²) in [5, 5.41) is 2.87. The predicted octanol–water partition coefficient (Wildman–Crippen LogP) is 4.96. The fourth-order valence-electron chi connectivity index (χ4n) is 3.49. The first-order valence-electron chi connectivity index (χ1n) is 9.27. The third kappa shape index (κ3) is 3.32. The van der Waals surface area contributed by atoms with Crippen molar-refractivity contribution >= 4 is 28.1 Å². The third-order valence-electron chi connectivity index (χ3n) is 4.92. The van der Waals surface area contributed by atoms with Gasteiger partial charge in [-0.05, 0) is 41.3 Å². The molecule has 0 saturated heterocycles. The summed E-state index contributed by atoms with van der Waals surface area (Å²) in [5.41, 5.74) is 3.28. The number of para-hydroxylation sites is 1. The second-order valence-electron chi connectivity index (χ2n) is 6.90. The molecular weight excluding hydrogens is 384 g/mol. The highest BCUT2D eigenvalue weighted by Gasteiger charge is 2.19. The first-order chi connectivity index (χ1) is 14.2. The molecule has 0 spiro atoms. The first-order valence-corrected chi connectivity index (χ1v) is 10.1. The Labute approximate surface area is 172 Å². The molecule has 1 amide bonds. The number of thiophene rings is 1. The van der Waals surface area contributed by atoms with E-state index in [0.29, 0.717) is 12.1 Å². The van der Waals surface area contributed by atoms with Crippen LogP contribution in [-0.4, -0.2) is 29.6 Å². The third-order valence-corrected chi connectivity index (χ3v) is 5.82. The predicted molar refractivity (Wildman–Crippen MR) is 113 cm³/mol. The number of carbonyl (C=O) groups excluding carboxylic acids is 1. The molecular formula is C23H18N2O3S. The molecule has 2 aromatic carbocycles. The Hall–Kier alpha value is -3.38. The van der Waals surface area contributed by atoms with Crippen LogP contribution in [0.2, 0.25) is 0 Å². The summed E-state index contributed by atoms with van der Waals surface area (Å²) in [7, 11) is 1.81. The van der Waals surface area contributed by atoms with Crippen LogP contribution >= 0.6 is 11.3 Å². The van der Waals surface area contributed by atoms with Gasteiger partial charge in [-0.25, -0.2) is 4.98 Å². The highest BCUT2D eigenvalue weighted by atomic mass is 32.1. The Morgan fingerprint density at radius 1 is 1.07 bits per heavy atom. The van der Waals surface area contributed by atoms with Gasteiger partial charge >= 0.3 is 0 Å². The topological polar surface area (TPSA) is 51.7 Å². The van der Waals surface area contributed by atoms with E-state index in [1.807, 2.05) is 73.1 Å². The van der Waals surface area contributed by atoms with Gasteiger partial charge in [0.2, 0.25) is 6.79 Å². The van der Waals surface area contributed by atoms with Crippen LogP contribution < -0.4 is 9.47 Å². The van der Waals surface area contributed by atoms with Gasteiger partial charge in [-0.3, -0.25) is 4.79 Å². The standard InChI is InChI=1S/C23H18N2O3S/c1-25(13-15-8-9-20-21(11-15)28-14-27-20)23(26)17-12-19(22-7-4-10-29-22)24-18-6-3-2-5-16(17)18/h2-12H,13-14H2,1H3. The van der Waals surface area contributed by atoms with Gasteiger partial charge in [0.1, 0.15) is 0 Å². The Morgan fingerprint density at radius 2 is 1.93 bits per heavy atom. The number of rotatable bonds is 4. The number of ether oxygens (including phenoxy) is 2. The van der Waals surface area contributed by atoms with Crippen LogP contribution in [0.5, 0.6) is 11.5 Å². The van der Waals surface area contributed by atoms with E-state index in [-0.39, 0.29) is 12.7 Å². The fraction of sp³-hybridized carbons (Fsp3) is 0.130. The zero-order chi connectivity index (χ0) is 19.8. The molecule has 5 nitrogen and oxygen atoms in total. The van der Waals surface area contributed by atoms with Crippen LogP contribution in [0.25, 0.3) is 21.5 Å². The molecule has 3 heterocycles. The van der Waals surface area contributed by atoms with E-state index in [1.54, 1.807) is 16.2 Å². The largest absolute Gasteiger partial charge is 0.454 e. The van der Waals surface area contributed by atoms with Crippen molar-refractivity contribution in [3.05, 3.63) is 77.2 Å². The Morgan fingerprint density at radius 3 is 2.79 bits per heavy atom. The van der Waals surface area contributed by atoms with E-state index in [9.17, 15) is 4.79 Å². The van der Waals surface area contributed by atoms with Gasteiger partial charge in [-0.15, -0.1) is 11.3 Å². The van der Waals surface area contributed by atoms with Crippen LogP contribution in [0.1, 0.15) is 15.9 Å². The molecule has 1 aliphatic heterocycles. The van der Waals surface area contributed by atoms with Crippen LogP contribution in [-0.2, 0) is 6.54 Å². The molecule has 1 aliphatic rings. The number of pyridine rings is 1. The summed E-state index contributed by atoms with van der Waals surface area (Å²) in [5.74, 6) is 1.42. The Balaban J connectivity index is 1.49. The van der Waals surface area contributed by atoms with E-state index in [0.717, 1.165) is 38.5 Å². The van der Waals surface area contributed by atoms with Crippen LogP contribution in [0.3, 0.4) is 0 Å². The van der Waals surface area contributed by atoms with Gasteiger partial charge in [0.15, 0.2) is 11.5 Å². The molecule has 5 rings (SSSR count). The van der Waals surface area contributed by atoms with Crippen molar-refractivity contribution in [2.45, 2.75) is 6.54 Å². The maximum Gasteiger partial charge on any atom is 0.254 e. The number of benzene rings is 2. The number of nitrogens with zero attached hydrogens (tertiary/aromatic N) is 2. The average molecular weight is 402 g/mol. The molecule has 0 saturated carbocycles. The van der Waals surface area contributed by atoms with Crippen molar-refractivity contribution < 1.29 is 14.3 Å². The van der Waals surface area contributed by atoms with Crippen molar-refractivity contribution in [2.24, 2.45) is 0 Å². The molecule has 6 heteroatoms. The highest BCUT2D eigenvalue weighted by molar-refractivity contribution is 7.13. The lowest BCUT2D eigenvalue weighted by Gasteiger charge is -2.19. The van der Waals surface area contributed by atoms with Gasteiger partial charge < -0.3 is 14.4 Å². The molecule has 144 valence electrons. The maximum absolute atomic E-state index is 13.4. The summed E-state index contributed by atoms with van der Waals surface area (Å²) < 4.78 is 10.8. The minimum absolute atomic E-state index is 0.0425. The highest BCUT2D eigenvalue weighted by Crippen LogP contribution is 2.33. The number of hydrogen-bond acceptors (Lipinski definition) is 5. The fourth-order valence-corrected chi connectivity index (χ4v) is 4.18. The second kappa shape index (κ2) is 7.22. The number of hydrogen-bond donors (Lipinski definition) is 0. The normalized spacial score (nSPS) is 12.3. The molecule has 0 bridgehead atoms. The molecule has 29 heavy (non-hydrogen) atoms. The molecule has 0 atom stereocenters. The van der Waals surface area contributed by atoms with Crippen LogP contribution in [0.15, 0.2) is 66.0 Å². The van der Waals surface area contributed by atoms with E-state index >= 15 is 0 Å². The smallest absolute Gasteiger partial charge is 0.254 e. The molecule has 0 radical (unpaired) electrons. The van der Waals surface area contributed by atoms with Gasteiger partial charge in [0.05, 0.1) is 21.7 Å². The summed E-state index contributed by atoms with van der Waals surface area (Å²) in [4.78, 5) is 20.9. The minimum atomic E-state index is -0.0425. The summed E-state index contributed by atoms with van der Waals surface area (Å²) in [6.07, 6.45) is 0. The number of carbonyl (C=O) groups is 1. The zero-order valence-corrected chi connectivity index (χ0v) is 16.6. The average Bonchev–Trinajstić information content (AvgIpc) is 3.44. The molecule has 0 unspecified atom stereocenters. The van der Waals surface area contributed by atoms with E-state index in [1.165, 1.54) is 0 Å². The lowest BCUT2D eigenvalue weighted by atomic mass is 10.1. The van der Waals surface area contributed by atoms with Gasteiger partial charge in [-0.1, -0.05) is 30.3 Å². The number of aromatic nitrogens is 1. The number of amides is 1. The van der Waals surface area contributed by atoms with Gasteiger partial charge in [0, 0.05) is 19.0 Å².